The molecule has 6 heteroatoms. The van der Waals surface area contributed by atoms with Crippen LogP contribution in [-0.2, 0) is 11.2 Å². The van der Waals surface area contributed by atoms with E-state index in [1.807, 2.05) is 36.4 Å². The molecule has 1 atom stereocenters. The van der Waals surface area contributed by atoms with E-state index in [1.165, 1.54) is 0 Å². The highest BCUT2D eigenvalue weighted by atomic mass is 32.2. The third kappa shape index (κ3) is 2.68. The van der Waals surface area contributed by atoms with Gasteiger partial charge in [-0.25, -0.2) is 0 Å². The lowest BCUT2D eigenvalue weighted by atomic mass is 10.2. The number of para-hydroxylation sites is 1. The van der Waals surface area contributed by atoms with E-state index >= 15 is 0 Å². The van der Waals surface area contributed by atoms with Crippen LogP contribution in [0, 0.1) is 0 Å². The Morgan fingerprint density at radius 3 is 2.81 bits per heavy atom. The number of aromatic amines is 1. The average Bonchev–Trinajstić information content (AvgIpc) is 2.91. The summed E-state index contributed by atoms with van der Waals surface area (Å²) in [5.74, 6) is 1.36. The van der Waals surface area contributed by atoms with E-state index in [9.17, 15) is 4.55 Å². The molecule has 0 fully saturated rings. The highest BCUT2D eigenvalue weighted by Gasteiger charge is 2.12. The van der Waals surface area contributed by atoms with E-state index in [1.54, 1.807) is 19.4 Å². The number of aromatic nitrogens is 2. The predicted octanol–water partition coefficient (Wildman–Crippen LogP) is 3.05. The molecule has 0 saturated heterocycles. The van der Waals surface area contributed by atoms with Gasteiger partial charge in [-0.05, 0) is 35.4 Å². The minimum atomic E-state index is -1.04. The maximum Gasteiger partial charge on any atom is 0.160 e. The third-order valence-electron chi connectivity index (χ3n) is 3.23. The first-order chi connectivity index (χ1) is 10.2. The highest BCUT2D eigenvalue weighted by molar-refractivity contribution is 7.90. The summed E-state index contributed by atoms with van der Waals surface area (Å²) in [4.78, 5) is 0.726. The molecule has 1 aromatic heterocycles. The van der Waals surface area contributed by atoms with Gasteiger partial charge in [0.1, 0.15) is 12.0 Å². The largest absolute Gasteiger partial charge is 0.612 e. The molecule has 0 saturated carbocycles. The minimum absolute atomic E-state index is 0.634. The van der Waals surface area contributed by atoms with Gasteiger partial charge in [0.25, 0.3) is 0 Å². The second-order valence-electron chi connectivity index (χ2n) is 4.56. The van der Waals surface area contributed by atoms with Gasteiger partial charge in [0, 0.05) is 11.5 Å². The Morgan fingerprint density at radius 1 is 1.24 bits per heavy atom. The van der Waals surface area contributed by atoms with E-state index in [2.05, 4.69) is 15.5 Å². The predicted molar refractivity (Wildman–Crippen MR) is 84.7 cm³/mol. The van der Waals surface area contributed by atoms with Gasteiger partial charge in [-0.2, -0.15) is 5.10 Å². The van der Waals surface area contributed by atoms with Gasteiger partial charge in [0.15, 0.2) is 10.7 Å². The van der Waals surface area contributed by atoms with E-state index in [0.29, 0.717) is 5.75 Å². The maximum absolute atomic E-state index is 11.5. The lowest BCUT2D eigenvalue weighted by Gasteiger charge is -2.12. The summed E-state index contributed by atoms with van der Waals surface area (Å²) in [6, 6.07) is 13.3. The number of hydrogen-bond acceptors (Lipinski definition) is 4. The van der Waals surface area contributed by atoms with Crippen LogP contribution in [0.4, 0.5) is 11.5 Å². The first kappa shape index (κ1) is 13.8. The highest BCUT2D eigenvalue weighted by Crippen LogP contribution is 2.31. The molecule has 21 heavy (non-hydrogen) atoms. The Balaban J connectivity index is 1.97. The number of rotatable bonds is 4. The molecule has 2 aromatic carbocycles. The molecule has 5 nitrogen and oxygen atoms in total. The van der Waals surface area contributed by atoms with Crippen LogP contribution in [0.5, 0.6) is 5.75 Å². The van der Waals surface area contributed by atoms with Crippen LogP contribution in [0.25, 0.3) is 10.9 Å². The second-order valence-corrected chi connectivity index (χ2v) is 5.94. The Kier molecular flexibility index (Phi) is 3.72. The summed E-state index contributed by atoms with van der Waals surface area (Å²) in [5.41, 5.74) is 1.74. The van der Waals surface area contributed by atoms with Crippen LogP contribution in [0.1, 0.15) is 0 Å². The number of fused-ring (bicyclic) bond motifs is 1. The summed E-state index contributed by atoms with van der Waals surface area (Å²) in [6.07, 6.45) is 1.64. The molecule has 3 rings (SSSR count). The SMILES string of the molecule is COc1cc([S+](C)[O-])ccc1Nc1n[nH]c2ccccc12. The summed E-state index contributed by atoms with van der Waals surface area (Å²) in [5, 5.41) is 11.5. The van der Waals surface area contributed by atoms with Gasteiger partial charge < -0.3 is 14.6 Å². The molecule has 1 unspecified atom stereocenters. The number of hydrogen-bond donors (Lipinski definition) is 2. The lowest BCUT2D eigenvalue weighted by molar-refractivity contribution is 0.415. The quantitative estimate of drug-likeness (QED) is 0.726. The van der Waals surface area contributed by atoms with Gasteiger partial charge in [0.2, 0.25) is 0 Å². The number of nitrogens with zero attached hydrogens (tertiary/aromatic N) is 1. The fraction of sp³-hybridized carbons (Fsp3) is 0.133. The Morgan fingerprint density at radius 2 is 2.05 bits per heavy atom. The zero-order chi connectivity index (χ0) is 14.8. The first-order valence-electron chi connectivity index (χ1n) is 6.40. The average molecular weight is 301 g/mol. The van der Waals surface area contributed by atoms with E-state index < -0.39 is 11.2 Å². The number of H-pyrrole nitrogens is 1. The topological polar surface area (TPSA) is 73.0 Å². The van der Waals surface area contributed by atoms with Crippen molar-refractivity contribution in [3.8, 4) is 5.75 Å². The number of benzene rings is 2. The zero-order valence-electron chi connectivity index (χ0n) is 11.7. The van der Waals surface area contributed by atoms with Crippen molar-refractivity contribution < 1.29 is 9.29 Å². The van der Waals surface area contributed by atoms with Crippen LogP contribution in [0.2, 0.25) is 0 Å². The maximum atomic E-state index is 11.5. The zero-order valence-corrected chi connectivity index (χ0v) is 12.5. The normalized spacial score (nSPS) is 12.3. The third-order valence-corrected chi connectivity index (χ3v) is 4.15. The van der Waals surface area contributed by atoms with E-state index in [-0.39, 0.29) is 0 Å². The standard InChI is InChI=1S/C15H15N3O2S/c1-20-14-9-10(21(2)19)7-8-13(14)16-15-11-5-3-4-6-12(11)17-18-15/h3-9H,1-2H3,(H2,16,17,18). The molecule has 1 heterocycles. The molecule has 0 aliphatic carbocycles. The molecular formula is C15H15N3O2S. The van der Waals surface area contributed by atoms with Crippen molar-refractivity contribution in [1.29, 1.82) is 0 Å². The van der Waals surface area contributed by atoms with Crippen LogP contribution >= 0.6 is 0 Å². The van der Waals surface area contributed by atoms with Gasteiger partial charge in [0.05, 0.1) is 18.3 Å². The smallest absolute Gasteiger partial charge is 0.160 e. The van der Waals surface area contributed by atoms with Crippen molar-refractivity contribution in [3.05, 3.63) is 42.5 Å². The summed E-state index contributed by atoms with van der Waals surface area (Å²) < 4.78 is 16.9. The molecule has 0 radical (unpaired) electrons. The number of ether oxygens (including phenoxy) is 1. The Bertz CT molecular complexity index is 770. The molecule has 108 valence electrons. The number of anilines is 2. The van der Waals surface area contributed by atoms with Crippen molar-refractivity contribution in [3.63, 3.8) is 0 Å². The Hall–Kier alpha value is -2.18. The minimum Gasteiger partial charge on any atom is -0.612 e. The molecule has 0 amide bonds. The number of methoxy groups -OCH3 is 1. The monoisotopic (exact) mass is 301 g/mol. The molecule has 2 N–H and O–H groups in total. The molecule has 0 bridgehead atoms. The molecule has 3 aromatic rings. The first-order valence-corrected chi connectivity index (χ1v) is 7.96. The summed E-state index contributed by atoms with van der Waals surface area (Å²) in [6.45, 7) is 0. The fourth-order valence-electron chi connectivity index (χ4n) is 2.14. The van der Waals surface area contributed by atoms with E-state index in [0.717, 1.165) is 27.3 Å². The summed E-state index contributed by atoms with van der Waals surface area (Å²) >= 11 is -1.04. The van der Waals surface area contributed by atoms with Gasteiger partial charge in [-0.3, -0.25) is 5.10 Å². The number of nitrogens with one attached hydrogen (secondary N) is 2. The fourth-order valence-corrected chi connectivity index (χ4v) is 2.67. The van der Waals surface area contributed by atoms with Crippen molar-refractivity contribution in [2.45, 2.75) is 4.90 Å². The van der Waals surface area contributed by atoms with Crippen molar-refractivity contribution >= 4 is 33.6 Å². The van der Waals surface area contributed by atoms with Crippen molar-refractivity contribution in [2.75, 3.05) is 18.7 Å². The van der Waals surface area contributed by atoms with Crippen molar-refractivity contribution in [1.82, 2.24) is 10.2 Å². The molecule has 0 aliphatic heterocycles. The van der Waals surface area contributed by atoms with Crippen LogP contribution < -0.4 is 10.1 Å². The summed E-state index contributed by atoms with van der Waals surface area (Å²) in [7, 11) is 1.59. The van der Waals surface area contributed by atoms with Crippen LogP contribution in [-0.4, -0.2) is 28.1 Å². The van der Waals surface area contributed by atoms with Gasteiger partial charge in [-0.15, -0.1) is 0 Å². The van der Waals surface area contributed by atoms with Crippen LogP contribution in [0.3, 0.4) is 0 Å². The molecular weight excluding hydrogens is 286 g/mol. The van der Waals surface area contributed by atoms with Crippen molar-refractivity contribution in [2.24, 2.45) is 0 Å². The molecule has 0 aliphatic rings. The van der Waals surface area contributed by atoms with Gasteiger partial charge in [-0.1, -0.05) is 12.1 Å². The second kappa shape index (κ2) is 5.67. The Labute approximate surface area is 125 Å². The van der Waals surface area contributed by atoms with Gasteiger partial charge >= 0.3 is 0 Å². The molecule has 0 spiro atoms. The lowest BCUT2D eigenvalue weighted by Crippen LogP contribution is -2.00. The van der Waals surface area contributed by atoms with Crippen LogP contribution in [0.15, 0.2) is 47.4 Å². The van der Waals surface area contributed by atoms with E-state index in [4.69, 9.17) is 4.74 Å².